The highest BCUT2D eigenvalue weighted by atomic mass is 16.2. The third-order valence-electron chi connectivity index (χ3n) is 5.88. The van der Waals surface area contributed by atoms with Gasteiger partial charge in [-0.3, -0.25) is 9.59 Å². The van der Waals surface area contributed by atoms with Crippen molar-refractivity contribution in [2.45, 2.75) is 38.5 Å². The number of piperidine rings is 1. The standard InChI is InChI=1S/C26H28N4O2/c1-19-23(26(32)29-22-12-6-3-7-13-22)17-27-25(28-19)21-11-8-16-30(18-21)24(31)15-14-20-9-4-2-5-10-20/h2-7,9-10,12-13,17,21H,8,11,14-16,18H2,1H3,(H,29,32)/t21-/m1/s1. The Morgan fingerprint density at radius 2 is 1.78 bits per heavy atom. The first-order chi connectivity index (χ1) is 15.6. The summed E-state index contributed by atoms with van der Waals surface area (Å²) in [7, 11) is 0. The van der Waals surface area contributed by atoms with E-state index in [4.69, 9.17) is 0 Å². The van der Waals surface area contributed by atoms with Crippen LogP contribution in [0.3, 0.4) is 0 Å². The minimum Gasteiger partial charge on any atom is -0.342 e. The summed E-state index contributed by atoms with van der Waals surface area (Å²) in [6, 6.07) is 19.4. The van der Waals surface area contributed by atoms with Crippen LogP contribution in [-0.4, -0.2) is 39.8 Å². The fourth-order valence-electron chi connectivity index (χ4n) is 4.09. The van der Waals surface area contributed by atoms with Gasteiger partial charge in [-0.15, -0.1) is 0 Å². The number of nitrogens with one attached hydrogen (secondary N) is 1. The first-order valence-electron chi connectivity index (χ1n) is 11.1. The normalized spacial score (nSPS) is 15.9. The topological polar surface area (TPSA) is 75.2 Å². The molecule has 0 unspecified atom stereocenters. The SMILES string of the molecule is Cc1nc([C@@H]2CCCN(C(=O)CCc3ccccc3)C2)ncc1C(=O)Nc1ccccc1. The van der Waals surface area contributed by atoms with Crippen LogP contribution in [0.15, 0.2) is 66.9 Å². The number of rotatable bonds is 6. The van der Waals surface area contributed by atoms with Crippen LogP contribution < -0.4 is 5.32 Å². The number of carbonyl (C=O) groups is 2. The number of anilines is 1. The van der Waals surface area contributed by atoms with Crippen molar-refractivity contribution in [3.05, 3.63) is 89.5 Å². The molecule has 0 radical (unpaired) electrons. The van der Waals surface area contributed by atoms with Crippen molar-refractivity contribution in [2.75, 3.05) is 18.4 Å². The van der Waals surface area contributed by atoms with Gasteiger partial charge in [-0.1, -0.05) is 48.5 Å². The third-order valence-corrected chi connectivity index (χ3v) is 5.88. The van der Waals surface area contributed by atoms with E-state index in [1.807, 2.05) is 60.4 Å². The Morgan fingerprint density at radius 3 is 2.50 bits per heavy atom. The second kappa shape index (κ2) is 10.2. The Balaban J connectivity index is 1.38. The van der Waals surface area contributed by atoms with Crippen LogP contribution >= 0.6 is 0 Å². The molecule has 32 heavy (non-hydrogen) atoms. The molecule has 0 spiro atoms. The number of para-hydroxylation sites is 1. The van der Waals surface area contributed by atoms with Crippen LogP contribution in [0.25, 0.3) is 0 Å². The number of aromatic nitrogens is 2. The average Bonchev–Trinajstić information content (AvgIpc) is 2.83. The first kappa shape index (κ1) is 21.7. The maximum Gasteiger partial charge on any atom is 0.259 e. The zero-order chi connectivity index (χ0) is 22.3. The van der Waals surface area contributed by atoms with Crippen LogP contribution in [0.2, 0.25) is 0 Å². The summed E-state index contributed by atoms with van der Waals surface area (Å²) in [6.45, 7) is 3.24. The van der Waals surface area contributed by atoms with Gasteiger partial charge in [0, 0.05) is 37.3 Å². The van der Waals surface area contributed by atoms with Gasteiger partial charge in [-0.2, -0.15) is 0 Å². The molecule has 1 N–H and O–H groups in total. The summed E-state index contributed by atoms with van der Waals surface area (Å²) in [5, 5.41) is 2.88. The zero-order valence-electron chi connectivity index (χ0n) is 18.3. The summed E-state index contributed by atoms with van der Waals surface area (Å²) >= 11 is 0. The number of hydrogen-bond acceptors (Lipinski definition) is 4. The Bertz CT molecular complexity index is 1070. The van der Waals surface area contributed by atoms with Crippen molar-refractivity contribution >= 4 is 17.5 Å². The van der Waals surface area contributed by atoms with E-state index < -0.39 is 0 Å². The maximum atomic E-state index is 12.8. The van der Waals surface area contributed by atoms with E-state index in [2.05, 4.69) is 27.4 Å². The summed E-state index contributed by atoms with van der Waals surface area (Å²) in [6.07, 6.45) is 4.74. The lowest BCUT2D eigenvalue weighted by Crippen LogP contribution is -2.39. The molecular formula is C26H28N4O2. The number of carbonyl (C=O) groups excluding carboxylic acids is 2. The van der Waals surface area contributed by atoms with Crippen molar-refractivity contribution < 1.29 is 9.59 Å². The molecule has 4 rings (SSSR count). The molecule has 1 aliphatic rings. The van der Waals surface area contributed by atoms with Crippen LogP contribution in [0, 0.1) is 6.92 Å². The van der Waals surface area contributed by atoms with Crippen LogP contribution in [0.4, 0.5) is 5.69 Å². The van der Waals surface area contributed by atoms with E-state index in [1.54, 1.807) is 6.20 Å². The predicted molar refractivity (Wildman–Crippen MR) is 124 cm³/mol. The van der Waals surface area contributed by atoms with Crippen molar-refractivity contribution in [2.24, 2.45) is 0 Å². The van der Waals surface area contributed by atoms with Gasteiger partial charge < -0.3 is 10.2 Å². The second-order valence-corrected chi connectivity index (χ2v) is 8.21. The smallest absolute Gasteiger partial charge is 0.259 e. The van der Waals surface area contributed by atoms with Crippen molar-refractivity contribution in [1.29, 1.82) is 0 Å². The molecule has 0 saturated carbocycles. The van der Waals surface area contributed by atoms with E-state index >= 15 is 0 Å². The number of benzene rings is 2. The minimum atomic E-state index is -0.221. The number of aryl methyl sites for hydroxylation is 2. The molecule has 164 valence electrons. The molecule has 2 aromatic carbocycles. The third kappa shape index (κ3) is 5.38. The van der Waals surface area contributed by atoms with Gasteiger partial charge in [0.2, 0.25) is 5.91 Å². The molecule has 2 amide bonds. The fourth-order valence-corrected chi connectivity index (χ4v) is 4.09. The van der Waals surface area contributed by atoms with E-state index in [0.717, 1.165) is 31.5 Å². The van der Waals surface area contributed by atoms with E-state index in [-0.39, 0.29) is 17.7 Å². The summed E-state index contributed by atoms with van der Waals surface area (Å²) < 4.78 is 0. The van der Waals surface area contributed by atoms with Gasteiger partial charge in [0.25, 0.3) is 5.91 Å². The van der Waals surface area contributed by atoms with Gasteiger partial charge in [-0.05, 0) is 43.9 Å². The maximum absolute atomic E-state index is 12.8. The predicted octanol–water partition coefficient (Wildman–Crippen LogP) is 4.38. The molecule has 2 heterocycles. The van der Waals surface area contributed by atoms with Crippen LogP contribution in [-0.2, 0) is 11.2 Å². The monoisotopic (exact) mass is 428 g/mol. The highest BCUT2D eigenvalue weighted by Gasteiger charge is 2.27. The Labute approximate surface area is 188 Å². The molecule has 6 nitrogen and oxygen atoms in total. The summed E-state index contributed by atoms with van der Waals surface area (Å²) in [4.78, 5) is 36.4. The molecule has 1 fully saturated rings. The molecule has 1 saturated heterocycles. The molecule has 0 aliphatic carbocycles. The number of amides is 2. The van der Waals surface area contributed by atoms with Crippen LogP contribution in [0.5, 0.6) is 0 Å². The van der Waals surface area contributed by atoms with E-state index in [9.17, 15) is 9.59 Å². The van der Waals surface area contributed by atoms with Gasteiger partial charge >= 0.3 is 0 Å². The van der Waals surface area contributed by atoms with E-state index in [0.29, 0.717) is 30.0 Å². The van der Waals surface area contributed by atoms with Crippen LogP contribution in [0.1, 0.15) is 52.6 Å². The minimum absolute atomic E-state index is 0.0920. The quantitative estimate of drug-likeness (QED) is 0.632. The summed E-state index contributed by atoms with van der Waals surface area (Å²) in [5.74, 6) is 0.754. The first-order valence-corrected chi connectivity index (χ1v) is 11.1. The Kier molecular flexibility index (Phi) is 6.90. The molecule has 6 heteroatoms. The fraction of sp³-hybridized carbons (Fsp3) is 0.308. The average molecular weight is 429 g/mol. The number of nitrogens with zero attached hydrogens (tertiary/aromatic N) is 3. The molecule has 1 aliphatic heterocycles. The van der Waals surface area contributed by atoms with Crippen molar-refractivity contribution in [3.63, 3.8) is 0 Å². The van der Waals surface area contributed by atoms with Gasteiger partial charge in [0.1, 0.15) is 5.82 Å². The molecule has 1 aromatic heterocycles. The highest BCUT2D eigenvalue weighted by molar-refractivity contribution is 6.04. The molecule has 1 atom stereocenters. The Hall–Kier alpha value is -3.54. The number of likely N-dealkylation sites (tertiary alicyclic amines) is 1. The lowest BCUT2D eigenvalue weighted by molar-refractivity contribution is -0.132. The van der Waals surface area contributed by atoms with Crippen molar-refractivity contribution in [1.82, 2.24) is 14.9 Å². The van der Waals surface area contributed by atoms with Crippen molar-refractivity contribution in [3.8, 4) is 0 Å². The Morgan fingerprint density at radius 1 is 1.06 bits per heavy atom. The van der Waals surface area contributed by atoms with Gasteiger partial charge in [0.05, 0.1) is 11.3 Å². The molecule has 0 bridgehead atoms. The number of hydrogen-bond donors (Lipinski definition) is 1. The zero-order valence-corrected chi connectivity index (χ0v) is 18.3. The molecular weight excluding hydrogens is 400 g/mol. The second-order valence-electron chi connectivity index (χ2n) is 8.21. The molecule has 3 aromatic rings. The van der Waals surface area contributed by atoms with Gasteiger partial charge in [0.15, 0.2) is 0 Å². The highest BCUT2D eigenvalue weighted by Crippen LogP contribution is 2.26. The lowest BCUT2D eigenvalue weighted by atomic mass is 9.96. The largest absolute Gasteiger partial charge is 0.342 e. The summed E-state index contributed by atoms with van der Waals surface area (Å²) in [5.41, 5.74) is 3.02. The lowest BCUT2D eigenvalue weighted by Gasteiger charge is -2.32. The van der Waals surface area contributed by atoms with E-state index in [1.165, 1.54) is 5.56 Å². The van der Waals surface area contributed by atoms with Gasteiger partial charge in [-0.25, -0.2) is 9.97 Å².